The lowest BCUT2D eigenvalue weighted by Crippen LogP contribution is -2.35. The number of rotatable bonds is 2. The predicted molar refractivity (Wildman–Crippen MR) is 52.8 cm³/mol. The fourth-order valence-electron chi connectivity index (χ4n) is 1.17. The zero-order valence-corrected chi connectivity index (χ0v) is 8.17. The average molecular weight is 209 g/mol. The highest BCUT2D eigenvalue weighted by Gasteiger charge is 2.22. The summed E-state index contributed by atoms with van der Waals surface area (Å²) >= 11 is 0. The molecule has 0 spiro atoms. The minimum atomic E-state index is -1.33. The van der Waals surface area contributed by atoms with Crippen LogP contribution in [0.4, 0.5) is 4.79 Å². The van der Waals surface area contributed by atoms with E-state index < -0.39 is 12.0 Å². The molecule has 1 rings (SSSR count). The second-order valence-corrected chi connectivity index (χ2v) is 2.85. The first-order valence-electron chi connectivity index (χ1n) is 4.40. The SMILES string of the molecule is CCN(C(=O)O)C(=O)c1ccccc1O. The molecule has 80 valence electrons. The molecule has 0 aliphatic rings. The van der Waals surface area contributed by atoms with Gasteiger partial charge < -0.3 is 10.2 Å². The lowest BCUT2D eigenvalue weighted by atomic mass is 10.2. The molecule has 5 nitrogen and oxygen atoms in total. The first-order valence-corrected chi connectivity index (χ1v) is 4.40. The van der Waals surface area contributed by atoms with Gasteiger partial charge in [0.05, 0.1) is 5.56 Å². The number of hydrogen-bond donors (Lipinski definition) is 2. The Labute approximate surface area is 86.6 Å². The zero-order valence-electron chi connectivity index (χ0n) is 8.17. The Kier molecular flexibility index (Phi) is 3.28. The molecule has 0 radical (unpaired) electrons. The number of amides is 2. The van der Waals surface area contributed by atoms with Crippen molar-refractivity contribution in [1.82, 2.24) is 4.90 Å². The normalized spacial score (nSPS) is 9.67. The van der Waals surface area contributed by atoms with Gasteiger partial charge in [-0.3, -0.25) is 4.79 Å². The minimum absolute atomic E-state index is 0.0123. The van der Waals surface area contributed by atoms with Crippen LogP contribution in [0.5, 0.6) is 5.75 Å². The average Bonchev–Trinajstić information content (AvgIpc) is 2.18. The largest absolute Gasteiger partial charge is 0.507 e. The first-order chi connectivity index (χ1) is 7.07. The lowest BCUT2D eigenvalue weighted by Gasteiger charge is -2.15. The molecule has 15 heavy (non-hydrogen) atoms. The van der Waals surface area contributed by atoms with Gasteiger partial charge in [0.2, 0.25) is 0 Å². The summed E-state index contributed by atoms with van der Waals surface area (Å²) in [5.74, 6) is -0.940. The number of carbonyl (C=O) groups is 2. The molecule has 2 amide bonds. The summed E-state index contributed by atoms with van der Waals surface area (Å²) in [5.41, 5.74) is -0.0123. The summed E-state index contributed by atoms with van der Waals surface area (Å²) in [7, 11) is 0. The Hall–Kier alpha value is -2.04. The van der Waals surface area contributed by atoms with Crippen molar-refractivity contribution in [2.75, 3.05) is 6.54 Å². The highest BCUT2D eigenvalue weighted by molar-refractivity contribution is 6.04. The van der Waals surface area contributed by atoms with Gasteiger partial charge in [0.1, 0.15) is 5.75 Å². The first kappa shape index (κ1) is 11.0. The van der Waals surface area contributed by atoms with Crippen molar-refractivity contribution in [2.45, 2.75) is 6.92 Å². The molecule has 2 N–H and O–H groups in total. The quantitative estimate of drug-likeness (QED) is 0.774. The topological polar surface area (TPSA) is 77.8 Å². The van der Waals surface area contributed by atoms with Crippen LogP contribution in [0, 0.1) is 0 Å². The molecular weight excluding hydrogens is 198 g/mol. The third-order valence-electron chi connectivity index (χ3n) is 1.93. The van der Waals surface area contributed by atoms with Crippen molar-refractivity contribution in [3.63, 3.8) is 0 Å². The van der Waals surface area contributed by atoms with Crippen LogP contribution in [-0.2, 0) is 0 Å². The lowest BCUT2D eigenvalue weighted by molar-refractivity contribution is 0.0748. The van der Waals surface area contributed by atoms with Crippen molar-refractivity contribution >= 4 is 12.0 Å². The van der Waals surface area contributed by atoms with E-state index in [1.165, 1.54) is 12.1 Å². The Morgan fingerprint density at radius 2 is 1.93 bits per heavy atom. The van der Waals surface area contributed by atoms with E-state index in [1.54, 1.807) is 19.1 Å². The number of phenolic OH excluding ortho intramolecular Hbond substituents is 1. The third-order valence-corrected chi connectivity index (χ3v) is 1.93. The van der Waals surface area contributed by atoms with E-state index in [-0.39, 0.29) is 17.9 Å². The van der Waals surface area contributed by atoms with Crippen molar-refractivity contribution in [3.8, 4) is 5.75 Å². The minimum Gasteiger partial charge on any atom is -0.507 e. The summed E-state index contributed by atoms with van der Waals surface area (Å²) in [4.78, 5) is 22.9. The van der Waals surface area contributed by atoms with E-state index in [4.69, 9.17) is 5.11 Å². The molecule has 0 unspecified atom stereocenters. The van der Waals surface area contributed by atoms with Gasteiger partial charge in [-0.05, 0) is 19.1 Å². The number of nitrogens with zero attached hydrogens (tertiary/aromatic N) is 1. The summed E-state index contributed by atoms with van der Waals surface area (Å²) in [6, 6.07) is 5.83. The van der Waals surface area contributed by atoms with Crippen molar-refractivity contribution in [2.24, 2.45) is 0 Å². The molecule has 1 aromatic carbocycles. The summed E-state index contributed by atoms with van der Waals surface area (Å²) < 4.78 is 0. The fraction of sp³-hybridized carbons (Fsp3) is 0.200. The van der Waals surface area contributed by atoms with Crippen LogP contribution in [0.25, 0.3) is 0 Å². The molecule has 5 heteroatoms. The van der Waals surface area contributed by atoms with Gasteiger partial charge in [0.15, 0.2) is 0 Å². The Balaban J connectivity index is 3.03. The van der Waals surface area contributed by atoms with E-state index >= 15 is 0 Å². The zero-order chi connectivity index (χ0) is 11.4. The van der Waals surface area contributed by atoms with E-state index in [0.29, 0.717) is 4.90 Å². The predicted octanol–water partition coefficient (Wildman–Crippen LogP) is 1.53. The van der Waals surface area contributed by atoms with Gasteiger partial charge in [-0.15, -0.1) is 0 Å². The van der Waals surface area contributed by atoms with Gasteiger partial charge in [-0.2, -0.15) is 0 Å². The number of carbonyl (C=O) groups excluding carboxylic acids is 1. The second kappa shape index (κ2) is 4.45. The number of aromatic hydroxyl groups is 1. The fourth-order valence-corrected chi connectivity index (χ4v) is 1.17. The standard InChI is InChI=1S/C10H11NO4/c1-2-11(10(14)15)9(13)7-5-3-4-6-8(7)12/h3-6,12H,2H2,1H3,(H,14,15). The van der Waals surface area contributed by atoms with Crippen LogP contribution in [0.15, 0.2) is 24.3 Å². The van der Waals surface area contributed by atoms with Crippen molar-refractivity contribution in [3.05, 3.63) is 29.8 Å². The van der Waals surface area contributed by atoms with E-state index in [0.717, 1.165) is 0 Å². The third kappa shape index (κ3) is 2.25. The number of carboxylic acid groups (broad SMARTS) is 1. The highest BCUT2D eigenvalue weighted by Crippen LogP contribution is 2.17. The molecular formula is C10H11NO4. The molecule has 0 fully saturated rings. The van der Waals surface area contributed by atoms with Crippen LogP contribution in [-0.4, -0.2) is 33.7 Å². The number of phenols is 1. The van der Waals surface area contributed by atoms with Gasteiger partial charge >= 0.3 is 6.09 Å². The molecule has 0 saturated heterocycles. The van der Waals surface area contributed by atoms with E-state index in [1.807, 2.05) is 0 Å². The molecule has 1 aromatic rings. The molecule has 0 saturated carbocycles. The Morgan fingerprint density at radius 3 is 2.40 bits per heavy atom. The maximum atomic E-state index is 11.6. The maximum absolute atomic E-state index is 11.6. The smallest absolute Gasteiger partial charge is 0.414 e. The van der Waals surface area contributed by atoms with Crippen LogP contribution in [0.1, 0.15) is 17.3 Å². The van der Waals surface area contributed by atoms with Gasteiger partial charge in [0, 0.05) is 6.54 Å². The van der Waals surface area contributed by atoms with Gasteiger partial charge in [-0.25, -0.2) is 9.69 Å². The molecule has 0 aliphatic carbocycles. The van der Waals surface area contributed by atoms with Crippen molar-refractivity contribution in [1.29, 1.82) is 0 Å². The van der Waals surface area contributed by atoms with Crippen molar-refractivity contribution < 1.29 is 19.8 Å². The molecule has 0 bridgehead atoms. The molecule has 0 atom stereocenters. The van der Waals surface area contributed by atoms with Gasteiger partial charge in [0.25, 0.3) is 5.91 Å². The molecule has 0 heterocycles. The monoisotopic (exact) mass is 209 g/mol. The number of hydrogen-bond acceptors (Lipinski definition) is 3. The Morgan fingerprint density at radius 1 is 1.33 bits per heavy atom. The number of para-hydroxylation sites is 1. The molecule has 0 aromatic heterocycles. The highest BCUT2D eigenvalue weighted by atomic mass is 16.4. The van der Waals surface area contributed by atoms with Gasteiger partial charge in [-0.1, -0.05) is 12.1 Å². The maximum Gasteiger partial charge on any atom is 0.414 e. The van der Waals surface area contributed by atoms with Crippen LogP contribution in [0.2, 0.25) is 0 Å². The van der Waals surface area contributed by atoms with E-state index in [2.05, 4.69) is 0 Å². The second-order valence-electron chi connectivity index (χ2n) is 2.85. The summed E-state index contributed by atoms with van der Waals surface area (Å²) in [5, 5.41) is 18.1. The van der Waals surface area contributed by atoms with Crippen LogP contribution < -0.4 is 0 Å². The Bertz CT molecular complexity index is 389. The van der Waals surface area contributed by atoms with Crippen LogP contribution >= 0.6 is 0 Å². The van der Waals surface area contributed by atoms with Crippen LogP contribution in [0.3, 0.4) is 0 Å². The number of benzene rings is 1. The number of imide groups is 1. The molecule has 0 aliphatic heterocycles. The van der Waals surface area contributed by atoms with E-state index in [9.17, 15) is 14.7 Å². The summed E-state index contributed by atoms with van der Waals surface area (Å²) in [6.45, 7) is 1.59. The summed E-state index contributed by atoms with van der Waals surface area (Å²) in [6.07, 6.45) is -1.33.